The zero-order valence-corrected chi connectivity index (χ0v) is 16.1. The lowest BCUT2D eigenvalue weighted by Gasteiger charge is -2.28. The summed E-state index contributed by atoms with van der Waals surface area (Å²) in [5.74, 6) is -1.58. The van der Waals surface area contributed by atoms with Crippen molar-refractivity contribution in [3.8, 4) is 0 Å². The van der Waals surface area contributed by atoms with E-state index in [1.165, 1.54) is 4.90 Å². The fraction of sp³-hybridized carbons (Fsp3) is 0.318. The summed E-state index contributed by atoms with van der Waals surface area (Å²) in [6, 6.07) is 15.5. The number of para-hydroxylation sites is 1. The number of fused-ring (bicyclic) bond motifs is 1. The van der Waals surface area contributed by atoms with E-state index >= 15 is 0 Å². The van der Waals surface area contributed by atoms with Crippen molar-refractivity contribution < 1.29 is 14.4 Å². The van der Waals surface area contributed by atoms with Crippen molar-refractivity contribution in [2.24, 2.45) is 5.73 Å². The van der Waals surface area contributed by atoms with Gasteiger partial charge in [-0.3, -0.25) is 19.3 Å². The summed E-state index contributed by atoms with van der Waals surface area (Å²) in [6.07, 6.45) is 0.439. The molecule has 3 N–H and O–H groups in total. The topological polar surface area (TPSA) is 92.5 Å². The third-order valence-electron chi connectivity index (χ3n) is 5.36. The number of nitrogens with one attached hydrogen (secondary N) is 1. The van der Waals surface area contributed by atoms with Crippen LogP contribution in [0, 0.1) is 0 Å². The molecule has 3 rings (SSSR count). The summed E-state index contributed by atoms with van der Waals surface area (Å²) in [5, 5.41) is 2.92. The number of hydrogen-bond donors (Lipinski definition) is 2. The first-order valence-electron chi connectivity index (χ1n) is 9.39. The Morgan fingerprint density at radius 1 is 1.11 bits per heavy atom. The Morgan fingerprint density at radius 3 is 2.39 bits per heavy atom. The maximum Gasteiger partial charge on any atom is 0.240 e. The molecule has 0 bridgehead atoms. The summed E-state index contributed by atoms with van der Waals surface area (Å²) in [7, 11) is 1.71. The standard InChI is InChI=1S/C22H25N3O3/c1-14(24-2)20(26)13-17(15-8-4-3-5-9-15)22(28)25-18-11-7-6-10-16(18)12-19(25)21(23)27/h3-11,14,17,19,24H,12-13H2,1-2H3,(H2,23,27)/t14-,17-,19-/m0/s1. The number of anilines is 1. The average Bonchev–Trinajstić information content (AvgIpc) is 3.11. The highest BCUT2D eigenvalue weighted by molar-refractivity contribution is 6.07. The molecule has 6 nitrogen and oxygen atoms in total. The van der Waals surface area contributed by atoms with Gasteiger partial charge in [-0.15, -0.1) is 0 Å². The number of carbonyl (C=O) groups is 3. The molecule has 2 aromatic carbocycles. The highest BCUT2D eigenvalue weighted by Gasteiger charge is 2.40. The number of nitrogens with zero attached hydrogens (tertiary/aromatic N) is 1. The molecule has 2 aromatic rings. The maximum absolute atomic E-state index is 13.6. The van der Waals surface area contributed by atoms with E-state index in [4.69, 9.17) is 5.73 Å². The minimum Gasteiger partial charge on any atom is -0.368 e. The lowest BCUT2D eigenvalue weighted by Crippen LogP contribution is -2.48. The molecule has 1 aliphatic rings. The Balaban J connectivity index is 2.00. The van der Waals surface area contributed by atoms with Crippen molar-refractivity contribution in [2.75, 3.05) is 11.9 Å². The van der Waals surface area contributed by atoms with E-state index in [9.17, 15) is 14.4 Å². The van der Waals surface area contributed by atoms with Gasteiger partial charge in [-0.2, -0.15) is 0 Å². The highest BCUT2D eigenvalue weighted by Crippen LogP contribution is 2.35. The minimum absolute atomic E-state index is 0.0506. The molecule has 0 aliphatic carbocycles. The van der Waals surface area contributed by atoms with E-state index < -0.39 is 17.9 Å². The van der Waals surface area contributed by atoms with Crippen molar-refractivity contribution in [1.82, 2.24) is 5.32 Å². The van der Waals surface area contributed by atoms with E-state index in [2.05, 4.69) is 5.32 Å². The quantitative estimate of drug-likeness (QED) is 0.767. The molecule has 28 heavy (non-hydrogen) atoms. The Kier molecular flexibility index (Phi) is 5.90. The first kappa shape index (κ1) is 19.8. The molecule has 0 radical (unpaired) electrons. The number of amides is 2. The van der Waals surface area contributed by atoms with Crippen LogP contribution in [0.15, 0.2) is 54.6 Å². The minimum atomic E-state index is -0.743. The van der Waals surface area contributed by atoms with Crippen molar-refractivity contribution in [1.29, 1.82) is 0 Å². The number of hydrogen-bond acceptors (Lipinski definition) is 4. The molecule has 146 valence electrons. The third kappa shape index (κ3) is 3.82. The van der Waals surface area contributed by atoms with Crippen molar-refractivity contribution in [3.63, 3.8) is 0 Å². The van der Waals surface area contributed by atoms with Crippen molar-refractivity contribution >= 4 is 23.3 Å². The predicted octanol–water partition coefficient (Wildman–Crippen LogP) is 1.78. The summed E-state index contributed by atoms with van der Waals surface area (Å²) < 4.78 is 0. The molecular weight excluding hydrogens is 354 g/mol. The van der Waals surface area contributed by atoms with Gasteiger partial charge in [0.05, 0.1) is 12.0 Å². The Hall–Kier alpha value is -2.99. The maximum atomic E-state index is 13.6. The first-order chi connectivity index (χ1) is 13.4. The molecule has 0 saturated carbocycles. The SMILES string of the molecule is CN[C@@H](C)C(=O)C[C@H](C(=O)N1c2ccccc2C[C@H]1C(N)=O)c1ccccc1. The van der Waals surface area contributed by atoms with Crippen LogP contribution in [0.4, 0.5) is 5.69 Å². The lowest BCUT2D eigenvalue weighted by atomic mass is 9.90. The monoisotopic (exact) mass is 379 g/mol. The van der Waals surface area contributed by atoms with Gasteiger partial charge in [0, 0.05) is 18.5 Å². The van der Waals surface area contributed by atoms with Crippen LogP contribution in [-0.2, 0) is 20.8 Å². The average molecular weight is 379 g/mol. The van der Waals surface area contributed by atoms with Crippen LogP contribution in [0.1, 0.15) is 30.4 Å². The van der Waals surface area contributed by atoms with E-state index in [1.54, 1.807) is 14.0 Å². The number of ketones is 1. The summed E-state index contributed by atoms with van der Waals surface area (Å²) in [5.41, 5.74) is 7.94. The molecule has 6 heteroatoms. The third-order valence-corrected chi connectivity index (χ3v) is 5.36. The molecule has 0 saturated heterocycles. The first-order valence-corrected chi connectivity index (χ1v) is 9.39. The van der Waals surface area contributed by atoms with E-state index in [0.29, 0.717) is 12.1 Å². The van der Waals surface area contributed by atoms with Gasteiger partial charge in [-0.25, -0.2) is 0 Å². The Labute approximate surface area is 164 Å². The number of benzene rings is 2. The summed E-state index contributed by atoms with van der Waals surface area (Å²) >= 11 is 0. The van der Waals surface area contributed by atoms with Gasteiger partial charge in [0.25, 0.3) is 0 Å². The molecule has 3 atom stereocenters. The molecular formula is C22H25N3O3. The number of rotatable bonds is 7. The molecule has 1 aliphatic heterocycles. The van der Waals surface area contributed by atoms with Gasteiger partial charge in [0.2, 0.25) is 11.8 Å². The van der Waals surface area contributed by atoms with E-state index in [1.807, 2.05) is 54.6 Å². The number of nitrogens with two attached hydrogens (primary N) is 1. The van der Waals surface area contributed by atoms with Gasteiger partial charge in [-0.05, 0) is 31.2 Å². The molecule has 1 heterocycles. The number of likely N-dealkylation sites (N-methyl/N-ethyl adjacent to an activating group) is 1. The second-order valence-electron chi connectivity index (χ2n) is 7.10. The van der Waals surface area contributed by atoms with Gasteiger partial charge in [0.1, 0.15) is 6.04 Å². The normalized spacial score (nSPS) is 17.6. The molecule has 0 fully saturated rings. The van der Waals surface area contributed by atoms with Gasteiger partial charge >= 0.3 is 0 Å². The zero-order valence-electron chi connectivity index (χ0n) is 16.1. The fourth-order valence-electron chi connectivity index (χ4n) is 3.63. The molecule has 0 unspecified atom stereocenters. The van der Waals surface area contributed by atoms with Crippen LogP contribution in [0.5, 0.6) is 0 Å². The van der Waals surface area contributed by atoms with Gasteiger partial charge in [-0.1, -0.05) is 48.5 Å². The second-order valence-corrected chi connectivity index (χ2v) is 7.10. The molecule has 0 aromatic heterocycles. The van der Waals surface area contributed by atoms with Crippen LogP contribution in [0.3, 0.4) is 0 Å². The fourth-order valence-corrected chi connectivity index (χ4v) is 3.63. The van der Waals surface area contributed by atoms with Crippen LogP contribution < -0.4 is 16.0 Å². The number of Topliss-reactive ketones (excluding diaryl/α,β-unsaturated/α-hetero) is 1. The molecule has 2 amide bonds. The number of carbonyl (C=O) groups excluding carboxylic acids is 3. The Bertz CT molecular complexity index is 882. The van der Waals surface area contributed by atoms with E-state index in [0.717, 1.165) is 11.1 Å². The highest BCUT2D eigenvalue weighted by atomic mass is 16.2. The largest absolute Gasteiger partial charge is 0.368 e. The van der Waals surface area contributed by atoms with Crippen LogP contribution >= 0.6 is 0 Å². The zero-order chi connectivity index (χ0) is 20.3. The van der Waals surface area contributed by atoms with E-state index in [-0.39, 0.29) is 24.2 Å². The van der Waals surface area contributed by atoms with Gasteiger partial charge in [0.15, 0.2) is 5.78 Å². The summed E-state index contributed by atoms with van der Waals surface area (Å²) in [6.45, 7) is 1.77. The predicted molar refractivity (Wildman–Crippen MR) is 108 cm³/mol. The lowest BCUT2D eigenvalue weighted by molar-refractivity contribution is -0.127. The van der Waals surface area contributed by atoms with Gasteiger partial charge < -0.3 is 11.1 Å². The van der Waals surface area contributed by atoms with Crippen LogP contribution in [0.25, 0.3) is 0 Å². The van der Waals surface area contributed by atoms with Crippen LogP contribution in [0.2, 0.25) is 0 Å². The Morgan fingerprint density at radius 2 is 1.75 bits per heavy atom. The smallest absolute Gasteiger partial charge is 0.240 e. The van der Waals surface area contributed by atoms with Crippen molar-refractivity contribution in [2.45, 2.75) is 37.8 Å². The summed E-state index contributed by atoms with van der Waals surface area (Å²) in [4.78, 5) is 39.8. The molecule has 0 spiro atoms. The van der Waals surface area contributed by atoms with Crippen LogP contribution in [-0.4, -0.2) is 36.7 Å². The van der Waals surface area contributed by atoms with Crippen molar-refractivity contribution in [3.05, 3.63) is 65.7 Å². The number of primary amides is 1. The second kappa shape index (κ2) is 8.35.